The molecule has 0 saturated heterocycles. The SMILES string of the molecule is Nc1cnc(C=S(=O)=O)[nH]1. The largest absolute Gasteiger partial charge is 0.384 e. The molecule has 0 aliphatic heterocycles. The maximum Gasteiger partial charge on any atom is 0.217 e. The van der Waals surface area contributed by atoms with Crippen molar-refractivity contribution in [3.63, 3.8) is 0 Å². The Morgan fingerprint density at radius 1 is 1.70 bits per heavy atom. The van der Waals surface area contributed by atoms with Gasteiger partial charge in [-0.1, -0.05) is 0 Å². The number of nitrogens with two attached hydrogens (primary N) is 1. The van der Waals surface area contributed by atoms with Gasteiger partial charge in [0.05, 0.1) is 6.20 Å². The quantitative estimate of drug-likeness (QED) is 0.515. The highest BCUT2D eigenvalue weighted by Crippen LogP contribution is 1.92. The van der Waals surface area contributed by atoms with E-state index in [1.54, 1.807) is 0 Å². The molecule has 1 rings (SSSR count). The maximum absolute atomic E-state index is 10.0. The summed E-state index contributed by atoms with van der Waals surface area (Å²) in [6.45, 7) is 0. The fraction of sp³-hybridized carbons (Fsp3) is 0. The number of aromatic nitrogens is 2. The van der Waals surface area contributed by atoms with Gasteiger partial charge >= 0.3 is 0 Å². The Morgan fingerprint density at radius 3 is 2.80 bits per heavy atom. The normalized spacial score (nSPS) is 9.20. The topological polar surface area (TPSA) is 88.8 Å². The fourth-order valence-corrected chi connectivity index (χ4v) is 0.805. The monoisotopic (exact) mass is 159 g/mol. The molecule has 6 heteroatoms. The van der Waals surface area contributed by atoms with Crippen LogP contribution in [0.25, 0.3) is 0 Å². The molecule has 10 heavy (non-hydrogen) atoms. The van der Waals surface area contributed by atoms with Gasteiger partial charge in [-0.25, -0.2) is 4.98 Å². The lowest BCUT2D eigenvalue weighted by atomic mass is 10.7. The van der Waals surface area contributed by atoms with Gasteiger partial charge in [-0.3, -0.25) is 0 Å². The Kier molecular flexibility index (Phi) is 1.72. The molecule has 0 amide bonds. The van der Waals surface area contributed by atoms with Crippen LogP contribution in [0.4, 0.5) is 5.82 Å². The third kappa shape index (κ3) is 1.59. The van der Waals surface area contributed by atoms with E-state index in [9.17, 15) is 8.42 Å². The van der Waals surface area contributed by atoms with Crippen molar-refractivity contribution in [2.24, 2.45) is 0 Å². The minimum atomic E-state index is -2.23. The van der Waals surface area contributed by atoms with Crippen molar-refractivity contribution in [3.8, 4) is 0 Å². The first kappa shape index (κ1) is 6.81. The van der Waals surface area contributed by atoms with Gasteiger partial charge in [0.15, 0.2) is 0 Å². The van der Waals surface area contributed by atoms with Gasteiger partial charge in [0.2, 0.25) is 10.3 Å². The van der Waals surface area contributed by atoms with Crippen LogP contribution in [0.5, 0.6) is 0 Å². The van der Waals surface area contributed by atoms with Crippen LogP contribution in [0.2, 0.25) is 0 Å². The molecule has 5 nitrogen and oxygen atoms in total. The first-order valence-electron chi connectivity index (χ1n) is 2.42. The van der Waals surface area contributed by atoms with E-state index in [-0.39, 0.29) is 5.82 Å². The molecule has 0 bridgehead atoms. The molecule has 0 fully saturated rings. The first-order valence-corrected chi connectivity index (χ1v) is 3.55. The van der Waals surface area contributed by atoms with Crippen molar-refractivity contribution >= 4 is 21.5 Å². The van der Waals surface area contributed by atoms with Crippen LogP contribution in [0.15, 0.2) is 6.20 Å². The number of anilines is 1. The van der Waals surface area contributed by atoms with Crippen molar-refractivity contribution in [1.82, 2.24) is 9.97 Å². The van der Waals surface area contributed by atoms with Crippen molar-refractivity contribution in [2.45, 2.75) is 0 Å². The van der Waals surface area contributed by atoms with Crippen molar-refractivity contribution in [2.75, 3.05) is 5.73 Å². The second-order valence-corrected chi connectivity index (χ2v) is 2.36. The Labute approximate surface area is 58.4 Å². The number of aromatic amines is 1. The van der Waals surface area contributed by atoms with E-state index in [2.05, 4.69) is 9.97 Å². The predicted molar refractivity (Wildman–Crippen MR) is 37.1 cm³/mol. The van der Waals surface area contributed by atoms with E-state index in [1.165, 1.54) is 6.20 Å². The highest BCUT2D eigenvalue weighted by Gasteiger charge is 1.91. The average Bonchev–Trinajstić information content (AvgIpc) is 2.13. The number of rotatable bonds is 1. The summed E-state index contributed by atoms with van der Waals surface area (Å²) in [4.78, 5) is 6.15. The zero-order valence-electron chi connectivity index (χ0n) is 4.90. The van der Waals surface area contributed by atoms with Gasteiger partial charge in [-0.2, -0.15) is 8.42 Å². The molecular formula is C4H5N3O2S. The number of hydrogen-bond donors (Lipinski definition) is 2. The van der Waals surface area contributed by atoms with Crippen molar-refractivity contribution in [1.29, 1.82) is 0 Å². The molecule has 54 valence electrons. The minimum Gasteiger partial charge on any atom is -0.384 e. The molecule has 0 aromatic carbocycles. The Hall–Kier alpha value is -1.30. The fourth-order valence-electron chi connectivity index (χ4n) is 0.503. The molecule has 0 spiro atoms. The summed E-state index contributed by atoms with van der Waals surface area (Å²) >= 11 is 0. The summed E-state index contributed by atoms with van der Waals surface area (Å²) < 4.78 is 20.0. The van der Waals surface area contributed by atoms with Gasteiger partial charge < -0.3 is 10.7 Å². The predicted octanol–water partition coefficient (Wildman–Crippen LogP) is -0.979. The smallest absolute Gasteiger partial charge is 0.217 e. The van der Waals surface area contributed by atoms with E-state index in [0.29, 0.717) is 5.82 Å². The van der Waals surface area contributed by atoms with Crippen molar-refractivity contribution < 1.29 is 8.42 Å². The molecule has 1 heterocycles. The van der Waals surface area contributed by atoms with Gasteiger partial charge in [0, 0.05) is 0 Å². The number of nitrogen functional groups attached to an aromatic ring is 1. The lowest BCUT2D eigenvalue weighted by Gasteiger charge is -1.76. The number of nitrogens with zero attached hydrogens (tertiary/aromatic N) is 1. The van der Waals surface area contributed by atoms with Crippen LogP contribution in [0, 0.1) is 0 Å². The molecule has 0 aliphatic carbocycles. The summed E-state index contributed by atoms with van der Waals surface area (Å²) in [6.07, 6.45) is 1.35. The third-order valence-corrected chi connectivity index (χ3v) is 1.24. The standard InChI is InChI=1S/C4H5N3O2S/c5-3-1-6-4(7-3)2-10(8)9/h1-2H,5H2,(H,6,7). The molecule has 1 aromatic heterocycles. The number of H-pyrrole nitrogens is 1. The first-order chi connectivity index (χ1) is 4.68. The molecule has 0 radical (unpaired) electrons. The minimum absolute atomic E-state index is 0.242. The summed E-state index contributed by atoms with van der Waals surface area (Å²) in [6, 6.07) is 0. The van der Waals surface area contributed by atoms with Crippen molar-refractivity contribution in [3.05, 3.63) is 12.0 Å². The van der Waals surface area contributed by atoms with E-state index in [4.69, 9.17) is 5.73 Å². The van der Waals surface area contributed by atoms with Crippen LogP contribution >= 0.6 is 0 Å². The van der Waals surface area contributed by atoms with E-state index in [0.717, 1.165) is 5.37 Å². The Bertz CT molecular complexity index is 342. The molecule has 0 aliphatic rings. The van der Waals surface area contributed by atoms with Gasteiger partial charge in [-0.05, 0) is 0 Å². The molecule has 0 atom stereocenters. The van der Waals surface area contributed by atoms with Crippen LogP contribution in [-0.2, 0) is 10.3 Å². The van der Waals surface area contributed by atoms with Crippen LogP contribution in [0.1, 0.15) is 5.82 Å². The van der Waals surface area contributed by atoms with E-state index in [1.807, 2.05) is 0 Å². The lowest BCUT2D eigenvalue weighted by Crippen LogP contribution is -1.86. The zero-order chi connectivity index (χ0) is 7.56. The zero-order valence-corrected chi connectivity index (χ0v) is 5.72. The maximum atomic E-state index is 10.0. The average molecular weight is 159 g/mol. The van der Waals surface area contributed by atoms with Gasteiger partial charge in [-0.15, -0.1) is 0 Å². The highest BCUT2D eigenvalue weighted by atomic mass is 32.2. The molecular weight excluding hydrogens is 154 g/mol. The molecule has 3 N–H and O–H groups in total. The second-order valence-electron chi connectivity index (χ2n) is 1.60. The van der Waals surface area contributed by atoms with E-state index >= 15 is 0 Å². The van der Waals surface area contributed by atoms with E-state index < -0.39 is 10.3 Å². The summed E-state index contributed by atoms with van der Waals surface area (Å²) in [5.74, 6) is 0.586. The number of imidazole rings is 1. The summed E-state index contributed by atoms with van der Waals surface area (Å²) in [5.41, 5.74) is 5.22. The van der Waals surface area contributed by atoms with Crippen LogP contribution < -0.4 is 5.73 Å². The third-order valence-electron chi connectivity index (χ3n) is 0.823. The lowest BCUT2D eigenvalue weighted by molar-refractivity contribution is 0.627. The molecule has 1 aromatic rings. The van der Waals surface area contributed by atoms with Crippen LogP contribution in [-0.4, -0.2) is 23.8 Å². The number of hydrogen-bond acceptors (Lipinski definition) is 4. The molecule has 0 unspecified atom stereocenters. The summed E-state index contributed by atoms with van der Waals surface area (Å²) in [7, 11) is -2.23. The molecule has 0 saturated carbocycles. The Morgan fingerprint density at radius 2 is 2.40 bits per heavy atom. The van der Waals surface area contributed by atoms with Gasteiger partial charge in [0.25, 0.3) is 0 Å². The van der Waals surface area contributed by atoms with Crippen LogP contribution in [0.3, 0.4) is 0 Å². The Balaban J connectivity index is 3.09. The highest BCUT2D eigenvalue weighted by molar-refractivity contribution is 7.71. The van der Waals surface area contributed by atoms with Gasteiger partial charge in [0.1, 0.15) is 17.0 Å². The number of nitrogens with one attached hydrogen (secondary N) is 1. The summed E-state index contributed by atoms with van der Waals surface area (Å²) in [5, 5.41) is 0.941. The second kappa shape index (κ2) is 2.53.